The summed E-state index contributed by atoms with van der Waals surface area (Å²) in [6, 6.07) is 6.32. The molecule has 2 nitrogen and oxygen atoms in total. The van der Waals surface area contributed by atoms with E-state index in [4.69, 9.17) is 5.73 Å². The van der Waals surface area contributed by atoms with Crippen molar-refractivity contribution in [3.8, 4) is 0 Å². The molecule has 0 aliphatic heterocycles. The van der Waals surface area contributed by atoms with Crippen molar-refractivity contribution in [1.82, 2.24) is 0 Å². The first-order valence-corrected chi connectivity index (χ1v) is 4.49. The highest BCUT2D eigenvalue weighted by atomic mass is 15.0. The summed E-state index contributed by atoms with van der Waals surface area (Å²) in [4.78, 5) is 4.00. The quantitative estimate of drug-likeness (QED) is 0.643. The van der Waals surface area contributed by atoms with Crippen LogP contribution in [0.4, 0.5) is 0 Å². The predicted octanol–water partition coefficient (Wildman–Crippen LogP) is 1.45. The molecule has 0 radical (unpaired) electrons. The fourth-order valence-corrected chi connectivity index (χ4v) is 1.99. The van der Waals surface area contributed by atoms with E-state index in [9.17, 15) is 0 Å². The Bertz CT molecular complexity index is 357. The largest absolute Gasteiger partial charge is 0.307 e. The molecule has 13 heavy (non-hydrogen) atoms. The number of fused-ring (bicyclic) bond motifs is 1. The Morgan fingerprint density at radius 2 is 2.23 bits per heavy atom. The predicted molar refractivity (Wildman–Crippen MR) is 55.1 cm³/mol. The number of nitrogens with two attached hydrogens (primary N) is 1. The van der Waals surface area contributed by atoms with E-state index in [1.165, 1.54) is 16.7 Å². The summed E-state index contributed by atoms with van der Waals surface area (Å²) in [6.45, 7) is 5.67. The van der Waals surface area contributed by atoms with E-state index in [-0.39, 0.29) is 0 Å². The van der Waals surface area contributed by atoms with E-state index in [2.05, 4.69) is 36.8 Å². The number of aryl methyl sites for hydroxylation is 1. The minimum atomic E-state index is -0.450. The van der Waals surface area contributed by atoms with Gasteiger partial charge >= 0.3 is 0 Å². The average molecular weight is 174 g/mol. The fourth-order valence-electron chi connectivity index (χ4n) is 1.99. The molecule has 1 unspecified atom stereocenters. The maximum absolute atomic E-state index is 6.05. The smallest absolute Gasteiger partial charge is 0.115 e. The molecule has 2 heteroatoms. The summed E-state index contributed by atoms with van der Waals surface area (Å²) in [6.07, 6.45) is 1.66. The SMILES string of the molecule is C=NC1(N)Cc2cccc(C)c2C1. The molecule has 0 heterocycles. The molecule has 0 aromatic heterocycles. The minimum absolute atomic E-state index is 0.450. The van der Waals surface area contributed by atoms with Gasteiger partial charge in [0.05, 0.1) is 0 Å². The first kappa shape index (κ1) is 8.45. The molecule has 68 valence electrons. The van der Waals surface area contributed by atoms with E-state index >= 15 is 0 Å². The summed E-state index contributed by atoms with van der Waals surface area (Å²) in [5.74, 6) is 0. The summed E-state index contributed by atoms with van der Waals surface area (Å²) < 4.78 is 0. The first-order chi connectivity index (χ1) is 6.14. The van der Waals surface area contributed by atoms with Crippen LogP contribution >= 0.6 is 0 Å². The number of hydrogen-bond donors (Lipinski definition) is 1. The molecular weight excluding hydrogens is 160 g/mol. The van der Waals surface area contributed by atoms with Gasteiger partial charge in [-0.2, -0.15) is 0 Å². The highest BCUT2D eigenvalue weighted by Gasteiger charge is 2.32. The molecule has 1 aliphatic carbocycles. The van der Waals surface area contributed by atoms with Crippen LogP contribution in [-0.4, -0.2) is 12.4 Å². The Morgan fingerprint density at radius 3 is 2.85 bits per heavy atom. The van der Waals surface area contributed by atoms with Crippen LogP contribution in [0.25, 0.3) is 0 Å². The second kappa shape index (κ2) is 2.67. The van der Waals surface area contributed by atoms with Gasteiger partial charge in [0.25, 0.3) is 0 Å². The van der Waals surface area contributed by atoms with Gasteiger partial charge in [-0.25, -0.2) is 0 Å². The van der Waals surface area contributed by atoms with Crippen molar-refractivity contribution in [3.05, 3.63) is 34.9 Å². The van der Waals surface area contributed by atoms with E-state index in [1.807, 2.05) is 0 Å². The van der Waals surface area contributed by atoms with Crippen molar-refractivity contribution in [2.75, 3.05) is 0 Å². The molecule has 0 spiro atoms. The van der Waals surface area contributed by atoms with Crippen molar-refractivity contribution in [2.45, 2.75) is 25.4 Å². The van der Waals surface area contributed by atoms with Gasteiger partial charge in [-0.3, -0.25) is 4.99 Å². The Labute approximate surface area is 78.5 Å². The summed E-state index contributed by atoms with van der Waals surface area (Å²) in [5, 5.41) is 0. The normalized spacial score (nSPS) is 25.7. The van der Waals surface area contributed by atoms with E-state index in [1.54, 1.807) is 0 Å². The lowest BCUT2D eigenvalue weighted by atomic mass is 10.0. The highest BCUT2D eigenvalue weighted by Crippen LogP contribution is 2.30. The number of aliphatic imine (C=N–C) groups is 1. The lowest BCUT2D eigenvalue weighted by Crippen LogP contribution is -2.38. The van der Waals surface area contributed by atoms with Gasteiger partial charge in [0, 0.05) is 12.8 Å². The van der Waals surface area contributed by atoms with Crippen LogP contribution < -0.4 is 5.73 Å². The molecule has 2 rings (SSSR count). The van der Waals surface area contributed by atoms with Crippen LogP contribution in [0, 0.1) is 6.92 Å². The van der Waals surface area contributed by atoms with Gasteiger partial charge in [-0.05, 0) is 30.3 Å². The monoisotopic (exact) mass is 174 g/mol. The number of nitrogens with zero attached hydrogens (tertiary/aromatic N) is 1. The third-order valence-corrected chi connectivity index (χ3v) is 2.80. The van der Waals surface area contributed by atoms with E-state index in [0.29, 0.717) is 0 Å². The summed E-state index contributed by atoms with van der Waals surface area (Å²) in [7, 11) is 0. The van der Waals surface area contributed by atoms with Gasteiger partial charge < -0.3 is 5.73 Å². The van der Waals surface area contributed by atoms with Gasteiger partial charge in [0.1, 0.15) is 5.66 Å². The average Bonchev–Trinajstić information content (AvgIpc) is 2.45. The van der Waals surface area contributed by atoms with E-state index < -0.39 is 5.66 Å². The molecule has 2 N–H and O–H groups in total. The lowest BCUT2D eigenvalue weighted by Gasteiger charge is -2.16. The van der Waals surface area contributed by atoms with Crippen molar-refractivity contribution in [3.63, 3.8) is 0 Å². The molecule has 0 bridgehead atoms. The minimum Gasteiger partial charge on any atom is -0.307 e. The van der Waals surface area contributed by atoms with Crippen molar-refractivity contribution in [1.29, 1.82) is 0 Å². The van der Waals surface area contributed by atoms with Gasteiger partial charge in [-0.15, -0.1) is 0 Å². The molecule has 0 amide bonds. The third kappa shape index (κ3) is 1.27. The van der Waals surface area contributed by atoms with Crippen molar-refractivity contribution < 1.29 is 0 Å². The number of hydrogen-bond acceptors (Lipinski definition) is 2. The molecule has 1 aromatic carbocycles. The second-order valence-corrected chi connectivity index (χ2v) is 3.83. The fraction of sp³-hybridized carbons (Fsp3) is 0.364. The first-order valence-electron chi connectivity index (χ1n) is 4.49. The zero-order valence-corrected chi connectivity index (χ0v) is 7.88. The zero-order chi connectivity index (χ0) is 9.47. The number of benzene rings is 1. The number of rotatable bonds is 1. The van der Waals surface area contributed by atoms with Gasteiger partial charge in [-0.1, -0.05) is 18.2 Å². The van der Waals surface area contributed by atoms with Gasteiger partial charge in [0.2, 0.25) is 0 Å². The molecule has 0 saturated carbocycles. The third-order valence-electron chi connectivity index (χ3n) is 2.80. The van der Waals surface area contributed by atoms with Gasteiger partial charge in [0.15, 0.2) is 0 Å². The maximum Gasteiger partial charge on any atom is 0.115 e. The van der Waals surface area contributed by atoms with Crippen LogP contribution in [0.15, 0.2) is 23.2 Å². The van der Waals surface area contributed by atoms with Crippen LogP contribution in [0.5, 0.6) is 0 Å². The molecule has 0 saturated heterocycles. The second-order valence-electron chi connectivity index (χ2n) is 3.83. The van der Waals surface area contributed by atoms with Crippen molar-refractivity contribution in [2.24, 2.45) is 10.7 Å². The maximum atomic E-state index is 6.05. The Morgan fingerprint density at radius 1 is 1.46 bits per heavy atom. The Kier molecular flexibility index (Phi) is 1.74. The summed E-state index contributed by atoms with van der Waals surface area (Å²) in [5.41, 5.74) is 9.60. The Hall–Kier alpha value is -1.15. The molecule has 1 aromatic rings. The van der Waals surface area contributed by atoms with Crippen LogP contribution in [0.3, 0.4) is 0 Å². The molecule has 1 atom stereocenters. The summed E-state index contributed by atoms with van der Waals surface area (Å²) >= 11 is 0. The Balaban J connectivity index is 2.46. The molecule has 1 aliphatic rings. The molecule has 0 fully saturated rings. The standard InChI is InChI=1S/C11H14N2/c1-8-4-3-5-9-6-11(12,13-2)7-10(8)9/h3-5H,2,6-7,12H2,1H3. The van der Waals surface area contributed by atoms with E-state index in [0.717, 1.165) is 12.8 Å². The molecular formula is C11H14N2. The van der Waals surface area contributed by atoms with Crippen LogP contribution in [0.1, 0.15) is 16.7 Å². The van der Waals surface area contributed by atoms with Crippen LogP contribution in [0.2, 0.25) is 0 Å². The highest BCUT2D eigenvalue weighted by molar-refractivity contribution is 5.42. The zero-order valence-electron chi connectivity index (χ0n) is 7.88. The van der Waals surface area contributed by atoms with Crippen molar-refractivity contribution >= 4 is 6.72 Å². The lowest BCUT2D eigenvalue weighted by molar-refractivity contribution is 0.477. The topological polar surface area (TPSA) is 38.4 Å². The van der Waals surface area contributed by atoms with Crippen LogP contribution in [-0.2, 0) is 12.8 Å².